The molecule has 6 aromatic rings. The SMILES string of the molecule is C1=C(c2c[nH]c3ccccc23)Cc2ccccc21.[Pd].c1ccc2c(c1)CC(c1c[nH]c3ccccc13)C2. The minimum absolute atomic E-state index is 0. The van der Waals surface area contributed by atoms with E-state index in [4.69, 9.17) is 0 Å². The Bertz CT molecular complexity index is 1700. The van der Waals surface area contributed by atoms with Crippen molar-refractivity contribution in [1.29, 1.82) is 0 Å². The van der Waals surface area contributed by atoms with E-state index in [0.717, 1.165) is 6.42 Å². The van der Waals surface area contributed by atoms with Crippen LogP contribution < -0.4 is 0 Å². The van der Waals surface area contributed by atoms with E-state index in [-0.39, 0.29) is 20.4 Å². The number of aromatic amines is 2. The molecular formula is C34H28N2Pd. The van der Waals surface area contributed by atoms with Gasteiger partial charge in [0.05, 0.1) is 0 Å². The summed E-state index contributed by atoms with van der Waals surface area (Å²) in [4.78, 5) is 6.74. The molecule has 8 rings (SSSR count). The Balaban J connectivity index is 0.000000133. The molecule has 0 unspecified atom stereocenters. The topological polar surface area (TPSA) is 31.6 Å². The van der Waals surface area contributed by atoms with Gasteiger partial charge in [-0.05, 0) is 70.7 Å². The number of rotatable bonds is 2. The zero-order chi connectivity index (χ0) is 23.9. The molecule has 2 N–H and O–H groups in total. The molecule has 4 aromatic carbocycles. The summed E-state index contributed by atoms with van der Waals surface area (Å²) >= 11 is 0. The Kier molecular flexibility index (Phi) is 6.43. The summed E-state index contributed by atoms with van der Waals surface area (Å²) < 4.78 is 0. The minimum Gasteiger partial charge on any atom is -0.361 e. The van der Waals surface area contributed by atoms with Crippen LogP contribution in [0.3, 0.4) is 0 Å². The van der Waals surface area contributed by atoms with Gasteiger partial charge >= 0.3 is 0 Å². The first-order valence-corrected chi connectivity index (χ1v) is 12.8. The van der Waals surface area contributed by atoms with E-state index in [0.29, 0.717) is 5.92 Å². The van der Waals surface area contributed by atoms with Gasteiger partial charge in [-0.25, -0.2) is 0 Å². The molecule has 0 fully saturated rings. The van der Waals surface area contributed by atoms with Crippen LogP contribution in [-0.4, -0.2) is 9.97 Å². The fourth-order valence-electron chi connectivity index (χ4n) is 6.00. The van der Waals surface area contributed by atoms with Crippen molar-refractivity contribution in [2.24, 2.45) is 0 Å². The molecule has 2 heterocycles. The summed E-state index contributed by atoms with van der Waals surface area (Å²) in [6.07, 6.45) is 10.0. The van der Waals surface area contributed by atoms with Crippen molar-refractivity contribution in [2.45, 2.75) is 25.2 Å². The molecule has 2 aliphatic rings. The van der Waals surface area contributed by atoms with Crippen LogP contribution in [-0.2, 0) is 39.7 Å². The molecule has 0 saturated heterocycles. The van der Waals surface area contributed by atoms with Crippen LogP contribution >= 0.6 is 0 Å². The monoisotopic (exact) mass is 570 g/mol. The molecular weight excluding hydrogens is 543 g/mol. The number of nitrogens with one attached hydrogen (secondary N) is 2. The van der Waals surface area contributed by atoms with Crippen LogP contribution in [0.5, 0.6) is 0 Å². The van der Waals surface area contributed by atoms with Gasteiger partial charge in [-0.15, -0.1) is 0 Å². The molecule has 0 amide bonds. The van der Waals surface area contributed by atoms with E-state index in [9.17, 15) is 0 Å². The number of H-pyrrole nitrogens is 2. The van der Waals surface area contributed by atoms with E-state index < -0.39 is 0 Å². The summed E-state index contributed by atoms with van der Waals surface area (Å²) in [7, 11) is 0. The van der Waals surface area contributed by atoms with Gasteiger partial charge in [-0.2, -0.15) is 0 Å². The predicted octanol–water partition coefficient (Wildman–Crippen LogP) is 8.31. The zero-order valence-electron chi connectivity index (χ0n) is 20.5. The first-order chi connectivity index (χ1) is 17.8. The molecule has 0 atom stereocenters. The Morgan fingerprint density at radius 1 is 0.568 bits per heavy atom. The van der Waals surface area contributed by atoms with Crippen molar-refractivity contribution in [1.82, 2.24) is 9.97 Å². The van der Waals surface area contributed by atoms with E-state index in [1.807, 2.05) is 0 Å². The van der Waals surface area contributed by atoms with E-state index in [2.05, 4.69) is 125 Å². The second-order valence-electron chi connectivity index (χ2n) is 9.96. The van der Waals surface area contributed by atoms with Gasteiger partial charge in [-0.1, -0.05) is 91.0 Å². The first kappa shape index (κ1) is 23.7. The van der Waals surface area contributed by atoms with Crippen LogP contribution in [0.25, 0.3) is 33.5 Å². The quantitative estimate of drug-likeness (QED) is 0.196. The molecule has 184 valence electrons. The zero-order valence-corrected chi connectivity index (χ0v) is 22.0. The molecule has 0 spiro atoms. The summed E-state index contributed by atoms with van der Waals surface area (Å²) in [5, 5.41) is 2.70. The van der Waals surface area contributed by atoms with Crippen molar-refractivity contribution < 1.29 is 20.4 Å². The number of fused-ring (bicyclic) bond motifs is 4. The van der Waals surface area contributed by atoms with Crippen molar-refractivity contribution >= 4 is 33.5 Å². The molecule has 0 aliphatic heterocycles. The second kappa shape index (κ2) is 10.0. The Morgan fingerprint density at radius 2 is 1.14 bits per heavy atom. The summed E-state index contributed by atoms with van der Waals surface area (Å²) in [5.74, 6) is 0.638. The molecule has 0 radical (unpaired) electrons. The van der Waals surface area contributed by atoms with Crippen LogP contribution in [0, 0.1) is 0 Å². The van der Waals surface area contributed by atoms with E-state index in [1.54, 1.807) is 0 Å². The number of benzene rings is 4. The van der Waals surface area contributed by atoms with Crippen LogP contribution in [0.4, 0.5) is 0 Å². The number of para-hydroxylation sites is 2. The summed E-state index contributed by atoms with van der Waals surface area (Å²) in [6, 6.07) is 34.5. The van der Waals surface area contributed by atoms with Gasteiger partial charge in [0.25, 0.3) is 0 Å². The van der Waals surface area contributed by atoms with Gasteiger partial charge in [-0.3, -0.25) is 0 Å². The normalized spacial score (nSPS) is 14.0. The number of hydrogen-bond acceptors (Lipinski definition) is 0. The maximum atomic E-state index is 3.39. The predicted molar refractivity (Wildman–Crippen MR) is 151 cm³/mol. The molecule has 0 saturated carbocycles. The minimum atomic E-state index is 0. The van der Waals surface area contributed by atoms with Crippen molar-refractivity contribution in [3.8, 4) is 0 Å². The summed E-state index contributed by atoms with van der Waals surface area (Å²) in [5.41, 5.74) is 12.5. The molecule has 37 heavy (non-hydrogen) atoms. The maximum absolute atomic E-state index is 3.39. The Morgan fingerprint density at radius 3 is 1.86 bits per heavy atom. The molecule has 2 nitrogen and oxygen atoms in total. The van der Waals surface area contributed by atoms with Gasteiger partial charge in [0.15, 0.2) is 0 Å². The smallest absolute Gasteiger partial charge is 0.0460 e. The Hall–Kier alpha value is -3.64. The maximum Gasteiger partial charge on any atom is 0.0460 e. The van der Waals surface area contributed by atoms with Crippen LogP contribution in [0.1, 0.15) is 39.3 Å². The third-order valence-electron chi connectivity index (χ3n) is 7.81. The van der Waals surface area contributed by atoms with Crippen LogP contribution in [0.15, 0.2) is 109 Å². The number of aromatic nitrogens is 2. The molecule has 3 heteroatoms. The fraction of sp³-hybridized carbons (Fsp3) is 0.118. The fourth-order valence-corrected chi connectivity index (χ4v) is 6.00. The molecule has 0 bridgehead atoms. The first-order valence-electron chi connectivity index (χ1n) is 12.8. The third kappa shape index (κ3) is 4.40. The summed E-state index contributed by atoms with van der Waals surface area (Å²) in [6.45, 7) is 0. The average Bonchev–Trinajstić information content (AvgIpc) is 3.71. The van der Waals surface area contributed by atoms with Crippen LogP contribution in [0.2, 0.25) is 0 Å². The van der Waals surface area contributed by atoms with Crippen molar-refractivity contribution in [3.05, 3.63) is 143 Å². The molecule has 2 aliphatic carbocycles. The standard InChI is InChI=1S/C17H15N.C17H13N.Pd/c2*1-2-6-13-10-14(9-12(13)5-1)16-11-18-17-8-4-3-7-15(16)17;/h1-8,11,14,18H,9-10H2;1-9,11,18H,10H2;. The van der Waals surface area contributed by atoms with Crippen molar-refractivity contribution in [2.75, 3.05) is 0 Å². The van der Waals surface area contributed by atoms with E-state index >= 15 is 0 Å². The van der Waals surface area contributed by atoms with Gasteiger partial charge in [0.1, 0.15) is 0 Å². The number of hydrogen-bond donors (Lipinski definition) is 2. The van der Waals surface area contributed by atoms with Gasteiger partial charge < -0.3 is 9.97 Å². The third-order valence-corrected chi connectivity index (χ3v) is 7.81. The van der Waals surface area contributed by atoms with Gasteiger partial charge in [0.2, 0.25) is 0 Å². The molecule has 2 aromatic heterocycles. The van der Waals surface area contributed by atoms with Crippen molar-refractivity contribution in [3.63, 3.8) is 0 Å². The largest absolute Gasteiger partial charge is 0.361 e. The second-order valence-corrected chi connectivity index (χ2v) is 9.96. The number of allylic oxidation sites excluding steroid dienone is 1. The van der Waals surface area contributed by atoms with E-state index in [1.165, 1.54) is 73.6 Å². The Labute approximate surface area is 231 Å². The van der Waals surface area contributed by atoms with Gasteiger partial charge in [0, 0.05) is 60.2 Å². The average molecular weight is 571 g/mol.